The molecule has 0 radical (unpaired) electrons. The molecule has 2 aromatic heterocycles. The van der Waals surface area contributed by atoms with Crippen molar-refractivity contribution in [2.75, 3.05) is 5.32 Å². The van der Waals surface area contributed by atoms with Gasteiger partial charge in [0.15, 0.2) is 5.82 Å². The lowest BCUT2D eigenvalue weighted by molar-refractivity contribution is -0.0200. The Kier molecular flexibility index (Phi) is 5.69. The zero-order chi connectivity index (χ0) is 21.1. The molecule has 9 heteroatoms. The topological polar surface area (TPSA) is 91.9 Å². The third-order valence-corrected chi connectivity index (χ3v) is 5.60. The summed E-state index contributed by atoms with van der Waals surface area (Å²) >= 11 is 0. The largest absolute Gasteiger partial charge is 0.446 e. The van der Waals surface area contributed by atoms with Crippen LogP contribution in [0.2, 0.25) is 0 Å². The number of nitrogens with one attached hydrogen (secondary N) is 3. The van der Waals surface area contributed by atoms with Crippen molar-refractivity contribution in [1.82, 2.24) is 20.5 Å². The van der Waals surface area contributed by atoms with Gasteiger partial charge in [0.05, 0.1) is 0 Å². The number of rotatable bonds is 0. The number of anilines is 2. The molecule has 6 bridgehead atoms. The van der Waals surface area contributed by atoms with Gasteiger partial charge in [0.25, 0.3) is 5.92 Å². The normalized spacial score (nSPS) is 24.6. The summed E-state index contributed by atoms with van der Waals surface area (Å²) in [4.78, 5) is 16.0. The summed E-state index contributed by atoms with van der Waals surface area (Å²) in [5.41, 5.74) is 1.62. The lowest BCUT2D eigenvalue weighted by Gasteiger charge is -2.17. The molecule has 0 saturated heterocycles. The van der Waals surface area contributed by atoms with Gasteiger partial charge >= 0.3 is 6.09 Å². The number of alkyl halides is 2. The zero-order valence-electron chi connectivity index (χ0n) is 16.6. The summed E-state index contributed by atoms with van der Waals surface area (Å²) in [5.74, 6) is -2.32. The molecule has 30 heavy (non-hydrogen) atoms. The summed E-state index contributed by atoms with van der Waals surface area (Å²) in [6.07, 6.45) is 3.84. The molecule has 7 nitrogen and oxygen atoms in total. The van der Waals surface area contributed by atoms with Crippen molar-refractivity contribution in [3.05, 3.63) is 48.1 Å². The van der Waals surface area contributed by atoms with Crippen molar-refractivity contribution in [1.29, 1.82) is 0 Å². The Morgan fingerprint density at radius 2 is 2.07 bits per heavy atom. The van der Waals surface area contributed by atoms with Gasteiger partial charge in [-0.05, 0) is 50.7 Å². The predicted octanol–water partition coefficient (Wildman–Crippen LogP) is 5.09. The molecule has 2 unspecified atom stereocenters. The molecule has 1 amide bonds. The van der Waals surface area contributed by atoms with Crippen molar-refractivity contribution in [3.8, 4) is 0 Å². The van der Waals surface area contributed by atoms with Crippen LogP contribution in [0, 0.1) is 0 Å². The van der Waals surface area contributed by atoms with Crippen molar-refractivity contribution >= 4 is 17.6 Å². The molecule has 3 N–H and O–H groups in total. The highest BCUT2D eigenvalue weighted by molar-refractivity contribution is 5.69. The minimum atomic E-state index is -3.05. The minimum absolute atomic E-state index is 0.175. The van der Waals surface area contributed by atoms with Gasteiger partial charge in [-0.3, -0.25) is 15.4 Å². The van der Waals surface area contributed by atoms with E-state index in [0.717, 1.165) is 18.5 Å². The van der Waals surface area contributed by atoms with Crippen molar-refractivity contribution in [2.24, 2.45) is 0 Å². The van der Waals surface area contributed by atoms with E-state index >= 15 is 0 Å². The van der Waals surface area contributed by atoms with E-state index in [1.165, 1.54) is 12.3 Å². The molecular weight excluding hydrogens is 392 g/mol. The van der Waals surface area contributed by atoms with Crippen molar-refractivity contribution in [3.63, 3.8) is 0 Å². The number of H-pyrrole nitrogens is 1. The number of hydrogen-bond donors (Lipinski definition) is 3. The number of nitrogens with zero attached hydrogens (tertiary/aromatic N) is 2. The zero-order valence-corrected chi connectivity index (χ0v) is 16.6. The maximum Gasteiger partial charge on any atom is 0.411 e. The number of ether oxygens (including phenoxy) is 1. The highest BCUT2D eigenvalue weighted by atomic mass is 19.3. The number of pyridine rings is 1. The van der Waals surface area contributed by atoms with E-state index in [9.17, 15) is 13.6 Å². The van der Waals surface area contributed by atoms with Crippen molar-refractivity contribution in [2.45, 2.75) is 62.9 Å². The molecule has 0 aromatic carbocycles. The molecule has 2 atom stereocenters. The average molecular weight is 417 g/mol. The van der Waals surface area contributed by atoms with Gasteiger partial charge in [0.2, 0.25) is 0 Å². The fourth-order valence-corrected chi connectivity index (χ4v) is 4.00. The Labute approximate surface area is 173 Å². The standard InChI is InChI=1S/C21H25F2N5O2/c1-13-4-2-3-8-21(22,23)18-11-15(7-9-24-18)26-19-12-17(27-28-19)14-5-6-16(10-14)30-20(29)25-13/h7,9,11-12,14,16H,1-6,8,10H2,(H,25,29)(H2,26,27,28). The first-order chi connectivity index (χ1) is 14.4. The van der Waals surface area contributed by atoms with Crippen LogP contribution in [0.3, 0.4) is 0 Å². The smallest absolute Gasteiger partial charge is 0.411 e. The predicted molar refractivity (Wildman–Crippen MR) is 108 cm³/mol. The van der Waals surface area contributed by atoms with E-state index in [2.05, 4.69) is 32.4 Å². The first kappa shape index (κ1) is 20.3. The van der Waals surface area contributed by atoms with Gasteiger partial charge in [0.1, 0.15) is 11.8 Å². The number of hydrogen-bond acceptors (Lipinski definition) is 5. The second kappa shape index (κ2) is 8.41. The molecule has 160 valence electrons. The Balaban J connectivity index is 1.56. The van der Waals surface area contributed by atoms with Gasteiger partial charge in [-0.25, -0.2) is 4.79 Å². The third kappa shape index (κ3) is 4.77. The molecular formula is C21H25F2N5O2. The molecule has 0 spiro atoms. The van der Waals surface area contributed by atoms with E-state index < -0.39 is 12.0 Å². The van der Waals surface area contributed by atoms with E-state index in [-0.39, 0.29) is 30.6 Å². The molecule has 2 aromatic rings. The Hall–Kier alpha value is -2.97. The number of fused-ring (bicyclic) bond motifs is 7. The summed E-state index contributed by atoms with van der Waals surface area (Å²) < 4.78 is 34.7. The van der Waals surface area contributed by atoms with Crippen LogP contribution < -0.4 is 10.6 Å². The van der Waals surface area contributed by atoms with E-state index in [1.807, 2.05) is 6.07 Å². The van der Waals surface area contributed by atoms with Gasteiger partial charge in [-0.1, -0.05) is 6.58 Å². The lowest BCUT2D eigenvalue weighted by atomic mass is 10.0. The maximum absolute atomic E-state index is 14.6. The van der Waals surface area contributed by atoms with Gasteiger partial charge < -0.3 is 10.1 Å². The summed E-state index contributed by atoms with van der Waals surface area (Å²) in [7, 11) is 0. The van der Waals surface area contributed by atoms with E-state index in [0.29, 0.717) is 36.5 Å². The lowest BCUT2D eigenvalue weighted by Crippen LogP contribution is -2.27. The highest BCUT2D eigenvalue weighted by Gasteiger charge is 2.33. The van der Waals surface area contributed by atoms with Crippen LogP contribution >= 0.6 is 0 Å². The van der Waals surface area contributed by atoms with Crippen LogP contribution in [0.15, 0.2) is 36.7 Å². The highest BCUT2D eigenvalue weighted by Crippen LogP contribution is 2.37. The fourth-order valence-electron chi connectivity index (χ4n) is 4.00. The van der Waals surface area contributed by atoms with E-state index in [1.54, 1.807) is 6.07 Å². The summed E-state index contributed by atoms with van der Waals surface area (Å²) in [6, 6.07) is 4.86. The fraction of sp³-hybridized carbons (Fsp3) is 0.476. The van der Waals surface area contributed by atoms with Gasteiger partial charge in [-0.2, -0.15) is 13.9 Å². The second-order valence-electron chi connectivity index (χ2n) is 7.94. The Bertz CT molecular complexity index is 930. The number of aromatic amines is 1. The monoisotopic (exact) mass is 417 g/mol. The van der Waals surface area contributed by atoms with Crippen LogP contribution in [-0.4, -0.2) is 27.4 Å². The van der Waals surface area contributed by atoms with Gasteiger partial charge in [-0.15, -0.1) is 0 Å². The molecule has 1 aliphatic heterocycles. The van der Waals surface area contributed by atoms with Crippen molar-refractivity contribution < 1.29 is 18.3 Å². The van der Waals surface area contributed by atoms with E-state index in [4.69, 9.17) is 4.74 Å². The number of amides is 1. The van der Waals surface area contributed by atoms with Crippen LogP contribution in [0.1, 0.15) is 62.3 Å². The third-order valence-electron chi connectivity index (χ3n) is 5.60. The quantitative estimate of drug-likeness (QED) is 0.555. The number of halogens is 2. The van der Waals surface area contributed by atoms with Crippen LogP contribution in [0.4, 0.5) is 25.1 Å². The Morgan fingerprint density at radius 3 is 2.93 bits per heavy atom. The molecule has 1 saturated carbocycles. The minimum Gasteiger partial charge on any atom is -0.446 e. The molecule has 2 aliphatic rings. The van der Waals surface area contributed by atoms with Crippen LogP contribution in [0.25, 0.3) is 0 Å². The number of carbonyl (C=O) groups excluding carboxylic acids is 1. The summed E-state index contributed by atoms with van der Waals surface area (Å²) in [6.45, 7) is 3.80. The summed E-state index contributed by atoms with van der Waals surface area (Å²) in [5, 5.41) is 12.9. The first-order valence-corrected chi connectivity index (χ1v) is 10.2. The van der Waals surface area contributed by atoms with Crippen LogP contribution in [0.5, 0.6) is 0 Å². The average Bonchev–Trinajstić information content (AvgIpc) is 3.34. The Morgan fingerprint density at radius 1 is 1.20 bits per heavy atom. The number of alkyl carbamates (subject to hydrolysis) is 1. The first-order valence-electron chi connectivity index (χ1n) is 10.2. The molecule has 1 fully saturated rings. The number of carbonyl (C=O) groups is 1. The number of allylic oxidation sites excluding steroid dienone is 1. The second-order valence-corrected chi connectivity index (χ2v) is 7.94. The number of aromatic nitrogens is 3. The molecule has 3 heterocycles. The van der Waals surface area contributed by atoms with Crippen LogP contribution in [-0.2, 0) is 10.7 Å². The molecule has 4 rings (SSSR count). The molecule has 1 aliphatic carbocycles. The van der Waals surface area contributed by atoms with Gasteiger partial charge in [0, 0.05) is 41.7 Å². The SMILES string of the molecule is C=C1CCCCC(F)(F)c2cc(ccn2)Nc2cc([nH]n2)C2CCC(C2)OC(=O)N1. The maximum atomic E-state index is 14.6.